The molecular weight excluding hydrogens is 424 g/mol. The van der Waals surface area contributed by atoms with Crippen molar-refractivity contribution in [3.8, 4) is 5.75 Å². The van der Waals surface area contributed by atoms with Crippen LogP contribution in [0, 0.1) is 13.8 Å². The number of benzene rings is 2. The van der Waals surface area contributed by atoms with Gasteiger partial charge < -0.3 is 14.8 Å². The standard InChI is InChI=1S/C26H33ClN2O3/c1-17-18(2)25(32-13-12-31-3)11-8-19(17)16-29-21-9-10-22(29)15-20(14-21)28-26(30)23-6-4-5-7-24(23)27/h4-8,11,20-22H,9-10,12-16H2,1-3H3,(H,28,30). The first-order valence-electron chi connectivity index (χ1n) is 11.5. The molecule has 0 radical (unpaired) electrons. The van der Waals surface area contributed by atoms with Gasteiger partial charge in [-0.05, 0) is 74.4 Å². The number of nitrogens with one attached hydrogen (secondary N) is 1. The summed E-state index contributed by atoms with van der Waals surface area (Å²) in [4.78, 5) is 15.4. The van der Waals surface area contributed by atoms with Gasteiger partial charge in [0.05, 0.1) is 17.2 Å². The molecule has 2 aliphatic heterocycles. The number of rotatable bonds is 8. The number of piperidine rings is 1. The summed E-state index contributed by atoms with van der Waals surface area (Å²) < 4.78 is 11.0. The van der Waals surface area contributed by atoms with Crippen LogP contribution < -0.4 is 10.1 Å². The first-order chi connectivity index (χ1) is 15.5. The van der Waals surface area contributed by atoms with Gasteiger partial charge in [-0.1, -0.05) is 29.8 Å². The zero-order valence-corrected chi connectivity index (χ0v) is 20.0. The normalized spacial score (nSPS) is 22.7. The van der Waals surface area contributed by atoms with Gasteiger partial charge in [0.25, 0.3) is 5.91 Å². The fourth-order valence-corrected chi connectivity index (χ4v) is 5.39. The molecule has 2 heterocycles. The average molecular weight is 457 g/mol. The van der Waals surface area contributed by atoms with E-state index >= 15 is 0 Å². The minimum absolute atomic E-state index is 0.0658. The molecule has 0 aliphatic carbocycles. The average Bonchev–Trinajstić information content (AvgIpc) is 3.00. The Balaban J connectivity index is 1.39. The van der Waals surface area contributed by atoms with E-state index in [2.05, 4.69) is 36.2 Å². The van der Waals surface area contributed by atoms with Gasteiger partial charge in [-0.3, -0.25) is 9.69 Å². The summed E-state index contributed by atoms with van der Waals surface area (Å²) in [7, 11) is 1.68. The van der Waals surface area contributed by atoms with Crippen molar-refractivity contribution in [3.63, 3.8) is 0 Å². The minimum Gasteiger partial charge on any atom is -0.491 e. The van der Waals surface area contributed by atoms with Gasteiger partial charge in [-0.2, -0.15) is 0 Å². The minimum atomic E-state index is -0.0658. The summed E-state index contributed by atoms with van der Waals surface area (Å²) in [5.41, 5.74) is 4.42. The topological polar surface area (TPSA) is 50.8 Å². The van der Waals surface area contributed by atoms with E-state index in [0.717, 1.165) is 25.1 Å². The highest BCUT2D eigenvalue weighted by Crippen LogP contribution is 2.38. The molecule has 2 atom stereocenters. The van der Waals surface area contributed by atoms with E-state index < -0.39 is 0 Å². The van der Waals surface area contributed by atoms with Crippen LogP contribution in [-0.4, -0.2) is 49.3 Å². The van der Waals surface area contributed by atoms with Crippen molar-refractivity contribution in [3.05, 3.63) is 63.7 Å². The number of amides is 1. The Bertz CT molecular complexity index is 950. The van der Waals surface area contributed by atoms with Crippen LogP contribution in [0.5, 0.6) is 5.75 Å². The Kier molecular flexibility index (Phi) is 7.39. The van der Waals surface area contributed by atoms with E-state index in [1.807, 2.05) is 12.1 Å². The molecule has 2 fully saturated rings. The first kappa shape index (κ1) is 23.1. The molecule has 0 spiro atoms. The number of halogens is 1. The second kappa shape index (κ2) is 10.2. The molecule has 0 aromatic heterocycles. The molecular formula is C26H33ClN2O3. The Morgan fingerprint density at radius 2 is 1.78 bits per heavy atom. The van der Waals surface area contributed by atoms with Crippen LogP contribution >= 0.6 is 11.6 Å². The van der Waals surface area contributed by atoms with Crippen molar-refractivity contribution in [2.45, 2.75) is 64.2 Å². The van der Waals surface area contributed by atoms with Crippen molar-refractivity contribution in [1.29, 1.82) is 0 Å². The van der Waals surface area contributed by atoms with Gasteiger partial charge in [0.15, 0.2) is 0 Å². The maximum atomic E-state index is 12.7. The number of methoxy groups -OCH3 is 1. The van der Waals surface area contributed by atoms with Crippen LogP contribution in [0.4, 0.5) is 0 Å². The zero-order chi connectivity index (χ0) is 22.7. The maximum Gasteiger partial charge on any atom is 0.253 e. The fraction of sp³-hybridized carbons (Fsp3) is 0.500. The lowest BCUT2D eigenvalue weighted by Gasteiger charge is -2.39. The van der Waals surface area contributed by atoms with Gasteiger partial charge >= 0.3 is 0 Å². The van der Waals surface area contributed by atoms with E-state index in [1.165, 1.54) is 29.5 Å². The number of nitrogens with zero attached hydrogens (tertiary/aromatic N) is 1. The van der Waals surface area contributed by atoms with E-state index in [1.54, 1.807) is 19.2 Å². The molecule has 2 bridgehead atoms. The predicted molar refractivity (Wildman–Crippen MR) is 128 cm³/mol. The van der Waals surface area contributed by atoms with Crippen molar-refractivity contribution < 1.29 is 14.3 Å². The molecule has 32 heavy (non-hydrogen) atoms. The van der Waals surface area contributed by atoms with Gasteiger partial charge in [0.1, 0.15) is 12.4 Å². The Labute approximate surface area is 196 Å². The van der Waals surface area contributed by atoms with Crippen molar-refractivity contribution >= 4 is 17.5 Å². The Morgan fingerprint density at radius 3 is 2.47 bits per heavy atom. The quantitative estimate of drug-likeness (QED) is 0.573. The molecule has 2 aromatic carbocycles. The summed E-state index contributed by atoms with van der Waals surface area (Å²) in [6.45, 7) is 6.42. The van der Waals surface area contributed by atoms with E-state index in [9.17, 15) is 4.79 Å². The number of hydrogen-bond acceptors (Lipinski definition) is 4. The molecule has 2 unspecified atom stereocenters. The van der Waals surface area contributed by atoms with Crippen molar-refractivity contribution in [2.24, 2.45) is 0 Å². The number of ether oxygens (including phenoxy) is 2. The molecule has 1 amide bonds. The van der Waals surface area contributed by atoms with Gasteiger partial charge in [-0.15, -0.1) is 0 Å². The third-order valence-electron chi connectivity index (χ3n) is 7.09. The second-order valence-corrected chi connectivity index (χ2v) is 9.40. The van der Waals surface area contributed by atoms with E-state index in [4.69, 9.17) is 21.1 Å². The molecule has 2 aromatic rings. The highest BCUT2D eigenvalue weighted by Gasteiger charge is 2.41. The van der Waals surface area contributed by atoms with Crippen molar-refractivity contribution in [2.75, 3.05) is 20.3 Å². The van der Waals surface area contributed by atoms with Crippen LogP contribution in [0.25, 0.3) is 0 Å². The van der Waals surface area contributed by atoms with Crippen molar-refractivity contribution in [1.82, 2.24) is 10.2 Å². The summed E-state index contributed by atoms with van der Waals surface area (Å²) in [6, 6.07) is 12.7. The van der Waals surface area contributed by atoms with Gasteiger partial charge in [0.2, 0.25) is 0 Å². The molecule has 2 saturated heterocycles. The van der Waals surface area contributed by atoms with Crippen LogP contribution in [0.3, 0.4) is 0 Å². The monoisotopic (exact) mass is 456 g/mol. The molecule has 2 aliphatic rings. The Hall–Kier alpha value is -2.08. The molecule has 5 nitrogen and oxygen atoms in total. The van der Waals surface area contributed by atoms with E-state index in [0.29, 0.717) is 35.9 Å². The third kappa shape index (κ3) is 4.95. The SMILES string of the molecule is COCCOc1ccc(CN2C3CCC2CC(NC(=O)c2ccccc2Cl)C3)c(C)c1C. The lowest BCUT2D eigenvalue weighted by atomic mass is 9.94. The number of hydrogen-bond donors (Lipinski definition) is 1. The molecule has 172 valence electrons. The summed E-state index contributed by atoms with van der Waals surface area (Å²) in [6.07, 6.45) is 4.37. The summed E-state index contributed by atoms with van der Waals surface area (Å²) in [5.74, 6) is 0.872. The molecule has 1 N–H and O–H groups in total. The largest absolute Gasteiger partial charge is 0.491 e. The lowest BCUT2D eigenvalue weighted by Crippen LogP contribution is -2.50. The number of carbonyl (C=O) groups is 1. The lowest BCUT2D eigenvalue weighted by molar-refractivity contribution is 0.0827. The second-order valence-electron chi connectivity index (χ2n) is 8.99. The predicted octanol–water partition coefficient (Wildman–Crippen LogP) is 4.91. The molecule has 0 saturated carbocycles. The summed E-state index contributed by atoms with van der Waals surface area (Å²) in [5, 5.41) is 3.74. The Morgan fingerprint density at radius 1 is 1.06 bits per heavy atom. The highest BCUT2D eigenvalue weighted by molar-refractivity contribution is 6.33. The zero-order valence-electron chi connectivity index (χ0n) is 19.2. The third-order valence-corrected chi connectivity index (χ3v) is 7.42. The highest BCUT2D eigenvalue weighted by atomic mass is 35.5. The van der Waals surface area contributed by atoms with Crippen LogP contribution in [-0.2, 0) is 11.3 Å². The first-order valence-corrected chi connectivity index (χ1v) is 11.9. The van der Waals surface area contributed by atoms with Gasteiger partial charge in [-0.25, -0.2) is 0 Å². The van der Waals surface area contributed by atoms with Crippen LogP contribution in [0.15, 0.2) is 36.4 Å². The number of fused-ring (bicyclic) bond motifs is 2. The molecule has 6 heteroatoms. The van der Waals surface area contributed by atoms with E-state index in [-0.39, 0.29) is 11.9 Å². The van der Waals surface area contributed by atoms with Crippen LogP contribution in [0.1, 0.15) is 52.7 Å². The summed E-state index contributed by atoms with van der Waals surface area (Å²) >= 11 is 6.21. The smallest absolute Gasteiger partial charge is 0.253 e. The number of carbonyl (C=O) groups excluding carboxylic acids is 1. The molecule has 4 rings (SSSR count). The van der Waals surface area contributed by atoms with Crippen LogP contribution in [0.2, 0.25) is 5.02 Å². The maximum absolute atomic E-state index is 12.7. The van der Waals surface area contributed by atoms with Gasteiger partial charge in [0, 0.05) is 31.8 Å². The fourth-order valence-electron chi connectivity index (χ4n) is 5.17.